The van der Waals surface area contributed by atoms with Crippen LogP contribution in [-0.2, 0) is 0 Å². The normalized spacial score (nSPS) is 12.2. The summed E-state index contributed by atoms with van der Waals surface area (Å²) in [6.07, 6.45) is 1.25. The Morgan fingerprint density at radius 1 is 1.36 bits per heavy atom. The topological polar surface area (TPSA) is 41.5 Å². The molecule has 0 aromatic heterocycles. The molecule has 0 fully saturated rings. The monoisotopic (exact) mass is 195 g/mol. The van der Waals surface area contributed by atoms with Crippen molar-refractivity contribution in [2.45, 2.75) is 26.0 Å². The molecule has 3 nitrogen and oxygen atoms in total. The molecule has 1 rings (SSSR count). The van der Waals surface area contributed by atoms with Gasteiger partial charge in [0.15, 0.2) is 0 Å². The van der Waals surface area contributed by atoms with Crippen molar-refractivity contribution in [2.24, 2.45) is 0 Å². The largest absolute Gasteiger partial charge is 0.497 e. The molecule has 1 aromatic carbocycles. The van der Waals surface area contributed by atoms with E-state index in [1.807, 2.05) is 31.2 Å². The predicted octanol–water partition coefficient (Wildman–Crippen LogP) is 2.23. The smallest absolute Gasteiger partial charge is 0.124 e. The highest BCUT2D eigenvalue weighted by atomic mass is 16.5. The Labute approximate surface area is 84.7 Å². The van der Waals surface area contributed by atoms with Gasteiger partial charge in [-0.05, 0) is 30.7 Å². The summed E-state index contributed by atoms with van der Waals surface area (Å²) in [5, 5.41) is 12.5. The minimum absolute atomic E-state index is 0.464. The number of rotatable bonds is 5. The van der Waals surface area contributed by atoms with Crippen LogP contribution in [0.2, 0.25) is 0 Å². The molecule has 78 valence electrons. The van der Waals surface area contributed by atoms with E-state index in [0.29, 0.717) is 0 Å². The van der Waals surface area contributed by atoms with Crippen LogP contribution in [0.3, 0.4) is 0 Å². The minimum atomic E-state index is -0.464. The Morgan fingerprint density at radius 2 is 2.00 bits per heavy atom. The van der Waals surface area contributed by atoms with Crippen molar-refractivity contribution in [3.63, 3.8) is 0 Å². The summed E-state index contributed by atoms with van der Waals surface area (Å²) >= 11 is 0. The van der Waals surface area contributed by atoms with Crippen molar-refractivity contribution in [1.82, 2.24) is 0 Å². The Morgan fingerprint density at radius 3 is 2.50 bits per heavy atom. The lowest BCUT2D eigenvalue weighted by atomic mass is 10.2. The summed E-state index contributed by atoms with van der Waals surface area (Å²) in [5.41, 5.74) is 0.909. The van der Waals surface area contributed by atoms with E-state index in [9.17, 15) is 5.11 Å². The van der Waals surface area contributed by atoms with Crippen LogP contribution in [-0.4, -0.2) is 18.4 Å². The van der Waals surface area contributed by atoms with E-state index in [1.165, 1.54) is 0 Å². The van der Waals surface area contributed by atoms with Crippen molar-refractivity contribution in [3.05, 3.63) is 24.3 Å². The predicted molar refractivity (Wildman–Crippen MR) is 57.5 cm³/mol. The molecule has 0 saturated carbocycles. The van der Waals surface area contributed by atoms with E-state index >= 15 is 0 Å². The quantitative estimate of drug-likeness (QED) is 0.708. The SMILES string of the molecule is CCCC(O)Nc1ccc(OC)cc1. The Hall–Kier alpha value is -1.22. The fourth-order valence-electron chi connectivity index (χ4n) is 1.23. The molecular formula is C11H17NO2. The Kier molecular flexibility index (Phi) is 4.26. The van der Waals surface area contributed by atoms with E-state index in [0.717, 1.165) is 24.3 Å². The molecule has 3 heteroatoms. The maximum atomic E-state index is 9.49. The zero-order chi connectivity index (χ0) is 10.4. The number of methoxy groups -OCH3 is 1. The zero-order valence-corrected chi connectivity index (χ0v) is 8.66. The van der Waals surface area contributed by atoms with Crippen LogP contribution in [0, 0.1) is 0 Å². The van der Waals surface area contributed by atoms with Crippen molar-refractivity contribution >= 4 is 5.69 Å². The molecule has 0 aliphatic carbocycles. The van der Waals surface area contributed by atoms with Gasteiger partial charge in [-0.2, -0.15) is 0 Å². The third-order valence-corrected chi connectivity index (χ3v) is 1.99. The molecule has 1 atom stereocenters. The zero-order valence-electron chi connectivity index (χ0n) is 8.66. The lowest BCUT2D eigenvalue weighted by molar-refractivity contribution is 0.192. The van der Waals surface area contributed by atoms with Crippen molar-refractivity contribution in [2.75, 3.05) is 12.4 Å². The molecule has 1 aromatic rings. The highest BCUT2D eigenvalue weighted by Gasteiger charge is 2.01. The van der Waals surface area contributed by atoms with Crippen molar-refractivity contribution < 1.29 is 9.84 Å². The molecule has 2 N–H and O–H groups in total. The highest BCUT2D eigenvalue weighted by Crippen LogP contribution is 2.15. The summed E-state index contributed by atoms with van der Waals surface area (Å²) in [5.74, 6) is 0.820. The van der Waals surface area contributed by atoms with E-state index in [-0.39, 0.29) is 0 Å². The molecule has 0 spiro atoms. The molecule has 0 aliphatic rings. The lowest BCUT2D eigenvalue weighted by Crippen LogP contribution is -2.17. The van der Waals surface area contributed by atoms with Gasteiger partial charge in [0.1, 0.15) is 12.0 Å². The second-order valence-electron chi connectivity index (χ2n) is 3.18. The first-order valence-electron chi connectivity index (χ1n) is 4.85. The summed E-state index contributed by atoms with van der Waals surface area (Å²) in [4.78, 5) is 0. The van der Waals surface area contributed by atoms with Crippen LogP contribution in [0.1, 0.15) is 19.8 Å². The number of hydrogen-bond acceptors (Lipinski definition) is 3. The first-order chi connectivity index (χ1) is 6.76. The Bertz CT molecular complexity index is 258. The van der Waals surface area contributed by atoms with Gasteiger partial charge in [-0.15, -0.1) is 0 Å². The van der Waals surface area contributed by atoms with Crippen molar-refractivity contribution in [3.8, 4) is 5.75 Å². The van der Waals surface area contributed by atoms with Gasteiger partial charge < -0.3 is 15.2 Å². The third-order valence-electron chi connectivity index (χ3n) is 1.99. The molecule has 14 heavy (non-hydrogen) atoms. The molecule has 0 radical (unpaired) electrons. The van der Waals surface area contributed by atoms with Gasteiger partial charge in [-0.3, -0.25) is 0 Å². The van der Waals surface area contributed by atoms with Crippen LogP contribution >= 0.6 is 0 Å². The summed E-state index contributed by atoms with van der Waals surface area (Å²) in [6, 6.07) is 7.50. The van der Waals surface area contributed by atoms with E-state index in [2.05, 4.69) is 5.32 Å². The van der Waals surface area contributed by atoms with Gasteiger partial charge in [-0.1, -0.05) is 13.3 Å². The second-order valence-corrected chi connectivity index (χ2v) is 3.18. The first-order valence-corrected chi connectivity index (χ1v) is 4.85. The number of nitrogens with one attached hydrogen (secondary N) is 1. The highest BCUT2D eigenvalue weighted by molar-refractivity contribution is 5.46. The molecule has 0 aliphatic heterocycles. The molecule has 0 saturated heterocycles. The fourth-order valence-corrected chi connectivity index (χ4v) is 1.23. The third kappa shape index (κ3) is 3.26. The van der Waals surface area contributed by atoms with Crippen LogP contribution in [0.15, 0.2) is 24.3 Å². The summed E-state index contributed by atoms with van der Waals surface area (Å²) in [6.45, 7) is 2.04. The number of aliphatic hydroxyl groups is 1. The van der Waals surface area contributed by atoms with Crippen LogP contribution < -0.4 is 10.1 Å². The minimum Gasteiger partial charge on any atom is -0.497 e. The van der Waals surface area contributed by atoms with Gasteiger partial charge in [0.05, 0.1) is 7.11 Å². The number of ether oxygens (including phenoxy) is 1. The molecular weight excluding hydrogens is 178 g/mol. The van der Waals surface area contributed by atoms with Gasteiger partial charge in [0.2, 0.25) is 0 Å². The average Bonchev–Trinajstić information content (AvgIpc) is 2.19. The van der Waals surface area contributed by atoms with Crippen LogP contribution in [0.4, 0.5) is 5.69 Å². The number of hydrogen-bond donors (Lipinski definition) is 2. The lowest BCUT2D eigenvalue weighted by Gasteiger charge is -2.13. The number of anilines is 1. The van der Waals surface area contributed by atoms with Gasteiger partial charge in [-0.25, -0.2) is 0 Å². The fraction of sp³-hybridized carbons (Fsp3) is 0.455. The van der Waals surface area contributed by atoms with Crippen molar-refractivity contribution in [1.29, 1.82) is 0 Å². The van der Waals surface area contributed by atoms with E-state index < -0.39 is 6.23 Å². The maximum Gasteiger partial charge on any atom is 0.124 e. The average molecular weight is 195 g/mol. The van der Waals surface area contributed by atoms with E-state index in [4.69, 9.17) is 4.74 Å². The molecule has 0 bridgehead atoms. The standard InChI is InChI=1S/C11H17NO2/c1-3-4-11(13)12-9-5-7-10(14-2)8-6-9/h5-8,11-13H,3-4H2,1-2H3. The summed E-state index contributed by atoms with van der Waals surface area (Å²) in [7, 11) is 1.63. The number of benzene rings is 1. The second kappa shape index (κ2) is 5.50. The number of aliphatic hydroxyl groups excluding tert-OH is 1. The summed E-state index contributed by atoms with van der Waals surface area (Å²) < 4.78 is 5.03. The van der Waals surface area contributed by atoms with E-state index in [1.54, 1.807) is 7.11 Å². The van der Waals surface area contributed by atoms with Crippen LogP contribution in [0.5, 0.6) is 5.75 Å². The molecule has 0 amide bonds. The Balaban J connectivity index is 2.50. The molecule has 1 unspecified atom stereocenters. The maximum absolute atomic E-state index is 9.49. The van der Waals surface area contributed by atoms with Crippen LogP contribution in [0.25, 0.3) is 0 Å². The first kappa shape index (κ1) is 10.9. The van der Waals surface area contributed by atoms with Gasteiger partial charge in [0, 0.05) is 5.69 Å². The van der Waals surface area contributed by atoms with Gasteiger partial charge >= 0.3 is 0 Å². The molecule has 0 heterocycles. The van der Waals surface area contributed by atoms with Gasteiger partial charge in [0.25, 0.3) is 0 Å².